The molecule has 0 aromatic heterocycles. The Labute approximate surface area is 86.1 Å². The second-order valence-corrected chi connectivity index (χ2v) is 4.26. The lowest BCUT2D eigenvalue weighted by molar-refractivity contribution is 0.160. The van der Waals surface area contributed by atoms with E-state index in [0.717, 1.165) is 23.0 Å². The number of halogens is 1. The first-order chi connectivity index (χ1) is 6.27. The summed E-state index contributed by atoms with van der Waals surface area (Å²) >= 11 is 3.42. The van der Waals surface area contributed by atoms with Crippen LogP contribution in [0.25, 0.3) is 0 Å². The third-order valence-electron chi connectivity index (χ3n) is 2.40. The SMILES string of the molecule is O[C@H]1CCN[C@H]1c1cccc(Br)c1. The van der Waals surface area contributed by atoms with Crippen LogP contribution in [-0.2, 0) is 0 Å². The zero-order valence-corrected chi connectivity index (χ0v) is 8.79. The minimum atomic E-state index is -0.241. The molecule has 1 fully saturated rings. The van der Waals surface area contributed by atoms with Gasteiger partial charge in [0, 0.05) is 4.47 Å². The van der Waals surface area contributed by atoms with Crippen molar-refractivity contribution in [2.24, 2.45) is 0 Å². The molecule has 2 nitrogen and oxygen atoms in total. The summed E-state index contributed by atoms with van der Waals surface area (Å²) in [5, 5.41) is 12.9. The fraction of sp³-hybridized carbons (Fsp3) is 0.400. The van der Waals surface area contributed by atoms with Crippen LogP contribution in [0.5, 0.6) is 0 Å². The van der Waals surface area contributed by atoms with Crippen LogP contribution in [0.15, 0.2) is 28.7 Å². The molecule has 2 atom stereocenters. The van der Waals surface area contributed by atoms with E-state index in [1.54, 1.807) is 0 Å². The molecule has 1 aromatic rings. The Bertz CT molecular complexity index is 303. The van der Waals surface area contributed by atoms with Gasteiger partial charge in [0.15, 0.2) is 0 Å². The Morgan fingerprint density at radius 2 is 2.31 bits per heavy atom. The second kappa shape index (κ2) is 3.78. The summed E-state index contributed by atoms with van der Waals surface area (Å²) in [6.45, 7) is 0.901. The molecule has 1 saturated heterocycles. The molecule has 2 N–H and O–H groups in total. The lowest BCUT2D eigenvalue weighted by atomic mass is 10.0. The zero-order chi connectivity index (χ0) is 9.26. The van der Waals surface area contributed by atoms with Gasteiger partial charge < -0.3 is 10.4 Å². The third-order valence-corrected chi connectivity index (χ3v) is 2.89. The van der Waals surface area contributed by atoms with Crippen LogP contribution < -0.4 is 5.32 Å². The molecule has 0 unspecified atom stereocenters. The van der Waals surface area contributed by atoms with Crippen molar-refractivity contribution in [1.82, 2.24) is 5.32 Å². The molecule has 1 heterocycles. The van der Waals surface area contributed by atoms with Crippen molar-refractivity contribution in [2.75, 3.05) is 6.54 Å². The molecule has 0 bridgehead atoms. The number of nitrogens with one attached hydrogen (secondary N) is 1. The summed E-state index contributed by atoms with van der Waals surface area (Å²) < 4.78 is 1.06. The van der Waals surface area contributed by atoms with Gasteiger partial charge in [-0.05, 0) is 30.7 Å². The average Bonchev–Trinajstić information content (AvgIpc) is 2.51. The highest BCUT2D eigenvalue weighted by molar-refractivity contribution is 9.10. The minimum absolute atomic E-state index is 0.109. The van der Waals surface area contributed by atoms with Gasteiger partial charge in [0.05, 0.1) is 12.1 Å². The van der Waals surface area contributed by atoms with E-state index in [1.165, 1.54) is 0 Å². The number of rotatable bonds is 1. The monoisotopic (exact) mass is 241 g/mol. The minimum Gasteiger partial charge on any atom is -0.391 e. The van der Waals surface area contributed by atoms with Gasteiger partial charge in [-0.1, -0.05) is 28.1 Å². The van der Waals surface area contributed by atoms with Gasteiger partial charge in [0.2, 0.25) is 0 Å². The molecular weight excluding hydrogens is 230 g/mol. The van der Waals surface area contributed by atoms with Crippen molar-refractivity contribution in [3.8, 4) is 0 Å². The van der Waals surface area contributed by atoms with Crippen molar-refractivity contribution in [1.29, 1.82) is 0 Å². The summed E-state index contributed by atoms with van der Waals surface area (Å²) in [5.41, 5.74) is 1.15. The van der Waals surface area contributed by atoms with Crippen LogP contribution in [0.1, 0.15) is 18.0 Å². The number of aliphatic hydroxyl groups is 1. The highest BCUT2D eigenvalue weighted by Crippen LogP contribution is 2.25. The smallest absolute Gasteiger partial charge is 0.0747 e. The number of aliphatic hydroxyl groups excluding tert-OH is 1. The van der Waals surface area contributed by atoms with Crippen molar-refractivity contribution in [3.63, 3.8) is 0 Å². The second-order valence-electron chi connectivity index (χ2n) is 3.34. The van der Waals surface area contributed by atoms with Gasteiger partial charge in [-0.2, -0.15) is 0 Å². The summed E-state index contributed by atoms with van der Waals surface area (Å²) in [5.74, 6) is 0. The maximum atomic E-state index is 9.66. The maximum Gasteiger partial charge on any atom is 0.0747 e. The molecule has 0 saturated carbocycles. The molecule has 13 heavy (non-hydrogen) atoms. The number of hydrogen-bond acceptors (Lipinski definition) is 2. The molecule has 70 valence electrons. The zero-order valence-electron chi connectivity index (χ0n) is 7.20. The first-order valence-electron chi connectivity index (χ1n) is 4.44. The standard InChI is InChI=1S/C10H12BrNO/c11-8-3-1-2-7(6-8)10-9(13)4-5-12-10/h1-3,6,9-10,12-13H,4-5H2/t9-,10-/m0/s1. The molecular formula is C10H12BrNO. The Balaban J connectivity index is 2.24. The van der Waals surface area contributed by atoms with E-state index in [-0.39, 0.29) is 12.1 Å². The van der Waals surface area contributed by atoms with Gasteiger partial charge in [0.1, 0.15) is 0 Å². The van der Waals surface area contributed by atoms with E-state index in [0.29, 0.717) is 0 Å². The summed E-state index contributed by atoms with van der Waals surface area (Å²) in [4.78, 5) is 0. The predicted octanol–water partition coefficient (Wildman–Crippen LogP) is 1.84. The molecule has 0 aliphatic carbocycles. The predicted molar refractivity (Wildman–Crippen MR) is 55.5 cm³/mol. The number of benzene rings is 1. The van der Waals surface area contributed by atoms with E-state index < -0.39 is 0 Å². The summed E-state index contributed by atoms with van der Waals surface area (Å²) in [7, 11) is 0. The van der Waals surface area contributed by atoms with Crippen LogP contribution in [0.4, 0.5) is 0 Å². The summed E-state index contributed by atoms with van der Waals surface area (Å²) in [6, 6.07) is 8.18. The molecule has 1 aromatic carbocycles. The quantitative estimate of drug-likeness (QED) is 0.787. The van der Waals surface area contributed by atoms with Gasteiger partial charge in [0.25, 0.3) is 0 Å². The van der Waals surface area contributed by atoms with E-state index in [2.05, 4.69) is 21.2 Å². The van der Waals surface area contributed by atoms with Crippen LogP contribution in [0, 0.1) is 0 Å². The first kappa shape index (κ1) is 9.19. The molecule has 3 heteroatoms. The Hall–Kier alpha value is -0.380. The Morgan fingerprint density at radius 3 is 2.92 bits per heavy atom. The van der Waals surface area contributed by atoms with E-state index in [4.69, 9.17) is 0 Å². The molecule has 1 aliphatic rings. The van der Waals surface area contributed by atoms with Gasteiger partial charge >= 0.3 is 0 Å². The average molecular weight is 242 g/mol. The lowest BCUT2D eigenvalue weighted by Crippen LogP contribution is -2.20. The third kappa shape index (κ3) is 1.93. The van der Waals surface area contributed by atoms with Crippen molar-refractivity contribution >= 4 is 15.9 Å². The highest BCUT2D eigenvalue weighted by Gasteiger charge is 2.25. The van der Waals surface area contributed by atoms with Crippen molar-refractivity contribution in [2.45, 2.75) is 18.6 Å². The van der Waals surface area contributed by atoms with Crippen LogP contribution in [-0.4, -0.2) is 17.8 Å². The first-order valence-corrected chi connectivity index (χ1v) is 5.23. The van der Waals surface area contributed by atoms with Gasteiger partial charge in [-0.25, -0.2) is 0 Å². The Morgan fingerprint density at radius 1 is 1.46 bits per heavy atom. The van der Waals surface area contributed by atoms with E-state index >= 15 is 0 Å². The largest absolute Gasteiger partial charge is 0.391 e. The molecule has 1 aliphatic heterocycles. The van der Waals surface area contributed by atoms with Crippen LogP contribution >= 0.6 is 15.9 Å². The lowest BCUT2D eigenvalue weighted by Gasteiger charge is -2.15. The van der Waals surface area contributed by atoms with Gasteiger partial charge in [-0.15, -0.1) is 0 Å². The van der Waals surface area contributed by atoms with Crippen molar-refractivity contribution < 1.29 is 5.11 Å². The number of hydrogen-bond donors (Lipinski definition) is 2. The summed E-state index contributed by atoms with van der Waals surface area (Å²) in [6.07, 6.45) is 0.603. The van der Waals surface area contributed by atoms with Crippen molar-refractivity contribution in [3.05, 3.63) is 34.3 Å². The van der Waals surface area contributed by atoms with E-state index in [1.807, 2.05) is 24.3 Å². The molecule has 0 radical (unpaired) electrons. The maximum absolute atomic E-state index is 9.66. The highest BCUT2D eigenvalue weighted by atomic mass is 79.9. The molecule has 2 rings (SSSR count). The fourth-order valence-corrected chi connectivity index (χ4v) is 2.15. The normalized spacial score (nSPS) is 27.8. The van der Waals surface area contributed by atoms with Crippen LogP contribution in [0.2, 0.25) is 0 Å². The fourth-order valence-electron chi connectivity index (χ4n) is 1.73. The van der Waals surface area contributed by atoms with Gasteiger partial charge in [-0.3, -0.25) is 0 Å². The molecule has 0 spiro atoms. The Kier molecular flexibility index (Phi) is 2.67. The molecule has 0 amide bonds. The van der Waals surface area contributed by atoms with E-state index in [9.17, 15) is 5.11 Å². The topological polar surface area (TPSA) is 32.3 Å². The van der Waals surface area contributed by atoms with Crippen LogP contribution in [0.3, 0.4) is 0 Å².